The van der Waals surface area contributed by atoms with Crippen molar-refractivity contribution in [2.45, 2.75) is 39.0 Å². The summed E-state index contributed by atoms with van der Waals surface area (Å²) in [6.45, 7) is 4.10. The summed E-state index contributed by atoms with van der Waals surface area (Å²) >= 11 is 12.7. The minimum absolute atomic E-state index is 0.0812. The summed E-state index contributed by atoms with van der Waals surface area (Å²) in [5, 5.41) is 0.695. The molecule has 4 rings (SSSR count). The van der Waals surface area contributed by atoms with Crippen LogP contribution in [0, 0.1) is 5.41 Å². The Labute approximate surface area is 186 Å². The maximum absolute atomic E-state index is 13.4. The summed E-state index contributed by atoms with van der Waals surface area (Å²) < 4.78 is 5.25. The van der Waals surface area contributed by atoms with Crippen LogP contribution in [0.5, 0.6) is 5.75 Å². The van der Waals surface area contributed by atoms with Gasteiger partial charge in [-0.15, -0.1) is 0 Å². The maximum atomic E-state index is 13.4. The fraction of sp³-hybridized carbons (Fsp3) is 0.333. The Morgan fingerprint density at radius 3 is 2.40 bits per heavy atom. The first-order valence-electron chi connectivity index (χ1n) is 9.89. The predicted octanol–water partition coefficient (Wildman–Crippen LogP) is 6.17. The Balaban J connectivity index is 1.90. The zero-order valence-corrected chi connectivity index (χ0v) is 18.7. The quantitative estimate of drug-likeness (QED) is 0.569. The van der Waals surface area contributed by atoms with Crippen LogP contribution in [0.3, 0.4) is 0 Å². The minimum Gasteiger partial charge on any atom is -0.497 e. The van der Waals surface area contributed by atoms with Crippen molar-refractivity contribution in [2.75, 3.05) is 12.0 Å². The van der Waals surface area contributed by atoms with Crippen LogP contribution in [0.1, 0.15) is 44.6 Å². The molecule has 0 radical (unpaired) electrons. The number of allylic oxidation sites excluding steroid dienone is 2. The second-order valence-electron chi connectivity index (χ2n) is 8.63. The van der Waals surface area contributed by atoms with E-state index >= 15 is 0 Å². The van der Waals surface area contributed by atoms with Gasteiger partial charge in [-0.25, -0.2) is 0 Å². The van der Waals surface area contributed by atoms with E-state index in [-0.39, 0.29) is 29.4 Å². The molecule has 1 amide bonds. The molecule has 0 aromatic heterocycles. The lowest BCUT2D eigenvalue weighted by molar-refractivity contribution is -0.121. The molecule has 156 valence electrons. The van der Waals surface area contributed by atoms with Crippen LogP contribution in [0.15, 0.2) is 53.7 Å². The highest BCUT2D eigenvalue weighted by Gasteiger charge is 2.44. The molecular formula is C24H23Cl2NO3. The lowest BCUT2D eigenvalue weighted by Gasteiger charge is -2.43. The molecule has 1 atom stereocenters. The van der Waals surface area contributed by atoms with Crippen molar-refractivity contribution in [3.8, 4) is 5.75 Å². The van der Waals surface area contributed by atoms with Crippen LogP contribution in [0.2, 0.25) is 10.0 Å². The Morgan fingerprint density at radius 2 is 1.73 bits per heavy atom. The highest BCUT2D eigenvalue weighted by molar-refractivity contribution is 6.44. The Kier molecular flexibility index (Phi) is 5.41. The van der Waals surface area contributed by atoms with Gasteiger partial charge in [0.15, 0.2) is 5.78 Å². The summed E-state index contributed by atoms with van der Waals surface area (Å²) in [5.74, 6) is 0.441. The molecule has 1 aliphatic heterocycles. The summed E-state index contributed by atoms with van der Waals surface area (Å²) in [6, 6.07) is 12.8. The van der Waals surface area contributed by atoms with Gasteiger partial charge < -0.3 is 4.74 Å². The number of benzene rings is 2. The van der Waals surface area contributed by atoms with E-state index in [9.17, 15) is 9.59 Å². The Morgan fingerprint density at radius 1 is 1.03 bits per heavy atom. The number of carbonyl (C=O) groups is 2. The largest absolute Gasteiger partial charge is 0.497 e. The van der Waals surface area contributed by atoms with E-state index in [0.29, 0.717) is 34.1 Å². The van der Waals surface area contributed by atoms with Gasteiger partial charge >= 0.3 is 0 Å². The third-order valence-electron chi connectivity index (χ3n) is 5.83. The number of ether oxygens (including phenoxy) is 1. The summed E-state index contributed by atoms with van der Waals surface area (Å²) in [5.41, 5.74) is 2.65. The number of carbonyl (C=O) groups excluding carboxylic acids is 2. The topological polar surface area (TPSA) is 46.6 Å². The van der Waals surface area contributed by atoms with Crippen molar-refractivity contribution in [1.82, 2.24) is 0 Å². The van der Waals surface area contributed by atoms with Gasteiger partial charge in [-0.3, -0.25) is 14.5 Å². The normalized spacial score (nSPS) is 21.0. The smallest absolute Gasteiger partial charge is 0.232 e. The lowest BCUT2D eigenvalue weighted by Crippen LogP contribution is -2.43. The first-order chi connectivity index (χ1) is 14.2. The second-order valence-corrected chi connectivity index (χ2v) is 9.42. The third-order valence-corrected chi connectivity index (χ3v) is 6.64. The fourth-order valence-corrected chi connectivity index (χ4v) is 4.86. The fourth-order valence-electron chi connectivity index (χ4n) is 4.48. The van der Waals surface area contributed by atoms with E-state index in [1.807, 2.05) is 38.1 Å². The number of methoxy groups -OCH3 is 1. The first kappa shape index (κ1) is 21.0. The molecule has 0 saturated carbocycles. The molecule has 2 aliphatic rings. The van der Waals surface area contributed by atoms with Crippen LogP contribution >= 0.6 is 23.2 Å². The highest BCUT2D eigenvalue weighted by Crippen LogP contribution is 2.49. The van der Waals surface area contributed by atoms with Gasteiger partial charge in [0.1, 0.15) is 5.75 Å². The Bertz CT molecular complexity index is 1060. The van der Waals surface area contributed by atoms with Crippen LogP contribution < -0.4 is 9.64 Å². The standard InChI is InChI=1S/C24H23Cl2NO3/c1-24(2)12-19-22(20(28)13-24)16(14-7-9-15(30-3)10-8-14)11-21(29)27(19)18-6-4-5-17(25)23(18)26/h4-10,16H,11-13H2,1-3H3. The van der Waals surface area contributed by atoms with Crippen molar-refractivity contribution in [3.63, 3.8) is 0 Å². The van der Waals surface area contributed by atoms with Gasteiger partial charge in [-0.2, -0.15) is 0 Å². The van der Waals surface area contributed by atoms with Crippen LogP contribution in [-0.2, 0) is 9.59 Å². The third kappa shape index (κ3) is 3.63. The number of hydrogen-bond donors (Lipinski definition) is 0. The maximum Gasteiger partial charge on any atom is 0.232 e. The van der Waals surface area contributed by atoms with Gasteiger partial charge in [0, 0.05) is 30.0 Å². The minimum atomic E-state index is -0.281. The Hall–Kier alpha value is -2.30. The monoisotopic (exact) mass is 443 g/mol. The van der Waals surface area contributed by atoms with E-state index in [1.54, 1.807) is 30.2 Å². The van der Waals surface area contributed by atoms with E-state index < -0.39 is 0 Å². The molecule has 1 heterocycles. The van der Waals surface area contributed by atoms with Crippen molar-refractivity contribution < 1.29 is 14.3 Å². The lowest BCUT2D eigenvalue weighted by atomic mass is 9.69. The molecule has 6 heteroatoms. The molecular weight excluding hydrogens is 421 g/mol. The molecule has 0 spiro atoms. The zero-order chi connectivity index (χ0) is 21.6. The number of anilines is 1. The SMILES string of the molecule is COc1ccc(C2CC(=O)N(c3cccc(Cl)c3Cl)C3=C2C(=O)CC(C)(C)C3)cc1. The van der Waals surface area contributed by atoms with Crippen LogP contribution in [0.4, 0.5) is 5.69 Å². The van der Waals surface area contributed by atoms with E-state index in [0.717, 1.165) is 17.0 Å². The predicted molar refractivity (Wildman–Crippen MR) is 119 cm³/mol. The van der Waals surface area contributed by atoms with Gasteiger partial charge in [-0.1, -0.05) is 55.2 Å². The summed E-state index contributed by atoms with van der Waals surface area (Å²) in [6.07, 6.45) is 1.25. The summed E-state index contributed by atoms with van der Waals surface area (Å²) in [7, 11) is 1.61. The second kappa shape index (κ2) is 7.75. The van der Waals surface area contributed by atoms with Crippen LogP contribution in [0.25, 0.3) is 0 Å². The molecule has 0 fully saturated rings. The molecule has 30 heavy (non-hydrogen) atoms. The van der Waals surface area contributed by atoms with Crippen molar-refractivity contribution in [2.24, 2.45) is 5.41 Å². The van der Waals surface area contributed by atoms with Crippen molar-refractivity contribution >= 4 is 40.6 Å². The molecule has 0 bridgehead atoms. The number of halogens is 2. The number of ketones is 1. The average Bonchev–Trinajstić information content (AvgIpc) is 2.69. The molecule has 1 unspecified atom stereocenters. The van der Waals surface area contributed by atoms with E-state index in [2.05, 4.69) is 0 Å². The molecule has 0 saturated heterocycles. The number of Topliss-reactive ketones (excluding diaryl/α,β-unsaturated/α-hetero) is 1. The molecule has 1 aliphatic carbocycles. The average molecular weight is 444 g/mol. The molecule has 2 aromatic carbocycles. The van der Waals surface area contributed by atoms with E-state index in [4.69, 9.17) is 27.9 Å². The number of rotatable bonds is 3. The number of hydrogen-bond acceptors (Lipinski definition) is 3. The van der Waals surface area contributed by atoms with E-state index in [1.165, 1.54) is 0 Å². The summed E-state index contributed by atoms with van der Waals surface area (Å²) in [4.78, 5) is 28.3. The highest BCUT2D eigenvalue weighted by atomic mass is 35.5. The molecule has 2 aromatic rings. The van der Waals surface area contributed by atoms with Gasteiger partial charge in [0.05, 0.1) is 22.8 Å². The van der Waals surface area contributed by atoms with Crippen LogP contribution in [-0.4, -0.2) is 18.8 Å². The zero-order valence-electron chi connectivity index (χ0n) is 17.2. The number of amides is 1. The molecule has 0 N–H and O–H groups in total. The number of nitrogens with zero attached hydrogens (tertiary/aromatic N) is 1. The van der Waals surface area contributed by atoms with Gasteiger partial charge in [0.2, 0.25) is 5.91 Å². The van der Waals surface area contributed by atoms with Crippen molar-refractivity contribution in [1.29, 1.82) is 0 Å². The van der Waals surface area contributed by atoms with Gasteiger partial charge in [0.25, 0.3) is 0 Å². The molecule has 4 nitrogen and oxygen atoms in total. The van der Waals surface area contributed by atoms with Crippen molar-refractivity contribution in [3.05, 3.63) is 69.3 Å². The van der Waals surface area contributed by atoms with Gasteiger partial charge in [-0.05, 0) is 41.7 Å². The first-order valence-corrected chi connectivity index (χ1v) is 10.6.